The molecule has 0 aromatic rings. The molecule has 0 heterocycles. The van der Waals surface area contributed by atoms with Gasteiger partial charge in [-0.15, -0.1) is 0 Å². The highest BCUT2D eigenvalue weighted by molar-refractivity contribution is 5.88. The van der Waals surface area contributed by atoms with Crippen molar-refractivity contribution in [2.75, 3.05) is 20.2 Å². The number of methoxy groups -OCH3 is 1. The van der Waals surface area contributed by atoms with Crippen LogP contribution in [0.4, 0.5) is 0 Å². The summed E-state index contributed by atoms with van der Waals surface area (Å²) in [6, 6.07) is 0. The van der Waals surface area contributed by atoms with Crippen molar-refractivity contribution in [3.63, 3.8) is 0 Å². The van der Waals surface area contributed by atoms with Gasteiger partial charge in [0.05, 0.1) is 6.54 Å². The van der Waals surface area contributed by atoms with Gasteiger partial charge in [0, 0.05) is 7.11 Å². The van der Waals surface area contributed by atoms with Crippen molar-refractivity contribution in [1.29, 1.82) is 0 Å². The highest BCUT2D eigenvalue weighted by atomic mass is 16.5. The molecular formula is C8H14N2O5. The van der Waals surface area contributed by atoms with Crippen LogP contribution >= 0.6 is 0 Å². The molecule has 0 saturated heterocycles. The minimum Gasteiger partial charge on any atom is -0.480 e. The minimum absolute atomic E-state index is 0.264. The van der Waals surface area contributed by atoms with Gasteiger partial charge in [-0.3, -0.25) is 14.4 Å². The Labute approximate surface area is 86.8 Å². The molecule has 1 atom stereocenters. The van der Waals surface area contributed by atoms with Gasteiger partial charge in [0.2, 0.25) is 11.8 Å². The first-order valence-electron chi connectivity index (χ1n) is 4.26. The summed E-state index contributed by atoms with van der Waals surface area (Å²) in [5.41, 5.74) is 0. The second kappa shape index (κ2) is 6.77. The van der Waals surface area contributed by atoms with E-state index in [-0.39, 0.29) is 6.54 Å². The Hall–Kier alpha value is -1.63. The van der Waals surface area contributed by atoms with Crippen molar-refractivity contribution in [3.8, 4) is 0 Å². The van der Waals surface area contributed by atoms with Crippen LogP contribution in [0.25, 0.3) is 0 Å². The monoisotopic (exact) mass is 218 g/mol. The Morgan fingerprint density at radius 3 is 2.33 bits per heavy atom. The second-order valence-corrected chi connectivity index (χ2v) is 2.77. The highest BCUT2D eigenvalue weighted by Crippen LogP contribution is 1.85. The molecule has 15 heavy (non-hydrogen) atoms. The fourth-order valence-electron chi connectivity index (χ4n) is 0.655. The predicted octanol–water partition coefficient (Wildman–Crippen LogP) is -1.66. The summed E-state index contributed by atoms with van der Waals surface area (Å²) in [6.07, 6.45) is -0.641. The Balaban J connectivity index is 3.71. The van der Waals surface area contributed by atoms with Crippen LogP contribution in [0.5, 0.6) is 0 Å². The van der Waals surface area contributed by atoms with E-state index < -0.39 is 30.4 Å². The summed E-state index contributed by atoms with van der Waals surface area (Å²) < 4.78 is 4.70. The van der Waals surface area contributed by atoms with Crippen molar-refractivity contribution >= 4 is 17.8 Å². The minimum atomic E-state index is -1.14. The van der Waals surface area contributed by atoms with Gasteiger partial charge in [-0.05, 0) is 6.92 Å². The normalized spacial score (nSPS) is 11.6. The van der Waals surface area contributed by atoms with Crippen LogP contribution in [-0.4, -0.2) is 49.2 Å². The largest absolute Gasteiger partial charge is 0.480 e. The molecule has 0 aliphatic heterocycles. The van der Waals surface area contributed by atoms with Crippen LogP contribution in [0.3, 0.4) is 0 Å². The first-order valence-corrected chi connectivity index (χ1v) is 4.26. The number of ether oxygens (including phenoxy) is 1. The quantitative estimate of drug-likeness (QED) is 0.495. The maximum atomic E-state index is 11.1. The average Bonchev–Trinajstić information content (AvgIpc) is 2.21. The lowest BCUT2D eigenvalue weighted by atomic mass is 10.4. The van der Waals surface area contributed by atoms with E-state index in [4.69, 9.17) is 9.84 Å². The molecule has 0 rings (SSSR count). The summed E-state index contributed by atoms with van der Waals surface area (Å²) >= 11 is 0. The molecule has 0 aliphatic rings. The van der Waals surface area contributed by atoms with Crippen molar-refractivity contribution in [2.45, 2.75) is 13.0 Å². The lowest BCUT2D eigenvalue weighted by Crippen LogP contribution is -2.42. The standard InChI is InChI=1S/C8H14N2O5/c1-5(15-2)8(14)10-3-6(11)9-4-7(12)13/h5H,3-4H2,1-2H3,(H,9,11)(H,10,14)(H,12,13). The van der Waals surface area contributed by atoms with E-state index in [1.807, 2.05) is 0 Å². The lowest BCUT2D eigenvalue weighted by molar-refractivity contribution is -0.138. The van der Waals surface area contributed by atoms with Crippen LogP contribution in [0.1, 0.15) is 6.92 Å². The van der Waals surface area contributed by atoms with Crippen LogP contribution < -0.4 is 10.6 Å². The summed E-state index contributed by atoms with van der Waals surface area (Å²) in [5, 5.41) is 12.6. The average molecular weight is 218 g/mol. The van der Waals surface area contributed by atoms with E-state index >= 15 is 0 Å². The molecule has 3 N–H and O–H groups in total. The molecular weight excluding hydrogens is 204 g/mol. The van der Waals surface area contributed by atoms with Gasteiger partial charge in [0.25, 0.3) is 0 Å². The third kappa shape index (κ3) is 6.44. The Kier molecular flexibility index (Phi) is 6.03. The smallest absolute Gasteiger partial charge is 0.322 e. The third-order valence-electron chi connectivity index (χ3n) is 1.58. The Bertz CT molecular complexity index is 253. The molecule has 2 amide bonds. The number of rotatable bonds is 6. The molecule has 7 nitrogen and oxygen atoms in total. The molecule has 0 radical (unpaired) electrons. The van der Waals surface area contributed by atoms with Crippen molar-refractivity contribution in [1.82, 2.24) is 10.6 Å². The maximum Gasteiger partial charge on any atom is 0.322 e. The number of amides is 2. The number of carboxylic acid groups (broad SMARTS) is 1. The van der Waals surface area contributed by atoms with E-state index in [9.17, 15) is 14.4 Å². The van der Waals surface area contributed by atoms with E-state index in [0.29, 0.717) is 0 Å². The number of nitrogens with one attached hydrogen (secondary N) is 2. The number of carbonyl (C=O) groups is 3. The molecule has 0 aromatic heterocycles. The maximum absolute atomic E-state index is 11.1. The summed E-state index contributed by atoms with van der Waals surface area (Å²) in [6.45, 7) is 0.804. The first kappa shape index (κ1) is 13.4. The van der Waals surface area contributed by atoms with Gasteiger partial charge < -0.3 is 20.5 Å². The topological polar surface area (TPSA) is 105 Å². The van der Waals surface area contributed by atoms with Crippen LogP contribution in [0, 0.1) is 0 Å². The Morgan fingerprint density at radius 2 is 1.87 bits per heavy atom. The van der Waals surface area contributed by atoms with Crippen molar-refractivity contribution in [2.24, 2.45) is 0 Å². The number of hydrogen-bond acceptors (Lipinski definition) is 4. The van der Waals surface area contributed by atoms with Gasteiger partial charge in [0.15, 0.2) is 0 Å². The molecule has 1 unspecified atom stereocenters. The lowest BCUT2D eigenvalue weighted by Gasteiger charge is -2.09. The second-order valence-electron chi connectivity index (χ2n) is 2.77. The van der Waals surface area contributed by atoms with Gasteiger partial charge >= 0.3 is 5.97 Å². The van der Waals surface area contributed by atoms with Gasteiger partial charge in [-0.1, -0.05) is 0 Å². The van der Waals surface area contributed by atoms with E-state index in [1.54, 1.807) is 0 Å². The Morgan fingerprint density at radius 1 is 1.27 bits per heavy atom. The van der Waals surface area contributed by atoms with Crippen LogP contribution in [-0.2, 0) is 19.1 Å². The summed E-state index contributed by atoms with van der Waals surface area (Å²) in [4.78, 5) is 32.1. The predicted molar refractivity (Wildman–Crippen MR) is 50.1 cm³/mol. The zero-order valence-corrected chi connectivity index (χ0v) is 8.57. The molecule has 0 aliphatic carbocycles. The third-order valence-corrected chi connectivity index (χ3v) is 1.58. The highest BCUT2D eigenvalue weighted by Gasteiger charge is 2.12. The molecule has 0 saturated carbocycles. The zero-order valence-electron chi connectivity index (χ0n) is 8.57. The van der Waals surface area contributed by atoms with Gasteiger partial charge in [-0.25, -0.2) is 0 Å². The molecule has 86 valence electrons. The fourth-order valence-corrected chi connectivity index (χ4v) is 0.655. The number of carboxylic acids is 1. The molecule has 0 aromatic carbocycles. The van der Waals surface area contributed by atoms with Crippen LogP contribution in [0.2, 0.25) is 0 Å². The van der Waals surface area contributed by atoms with Crippen molar-refractivity contribution < 1.29 is 24.2 Å². The van der Waals surface area contributed by atoms with E-state index in [2.05, 4.69) is 10.6 Å². The van der Waals surface area contributed by atoms with E-state index in [0.717, 1.165) is 0 Å². The first-order chi connectivity index (χ1) is 6.97. The summed E-state index contributed by atoms with van der Waals surface area (Å²) in [5.74, 6) is -2.13. The SMILES string of the molecule is COC(C)C(=O)NCC(=O)NCC(=O)O. The number of hydrogen-bond donors (Lipinski definition) is 3. The molecule has 7 heteroatoms. The molecule has 0 bridgehead atoms. The van der Waals surface area contributed by atoms with Crippen LogP contribution in [0.15, 0.2) is 0 Å². The van der Waals surface area contributed by atoms with Gasteiger partial charge in [-0.2, -0.15) is 0 Å². The van der Waals surface area contributed by atoms with E-state index in [1.165, 1.54) is 14.0 Å². The van der Waals surface area contributed by atoms with Crippen molar-refractivity contribution in [3.05, 3.63) is 0 Å². The fraction of sp³-hybridized carbons (Fsp3) is 0.625. The zero-order chi connectivity index (χ0) is 11.8. The number of carbonyl (C=O) groups excluding carboxylic acids is 2. The number of aliphatic carboxylic acids is 1. The summed E-state index contributed by atoms with van der Waals surface area (Å²) in [7, 11) is 1.37. The molecule has 0 fully saturated rings. The molecule has 0 spiro atoms. The van der Waals surface area contributed by atoms with Gasteiger partial charge in [0.1, 0.15) is 12.6 Å².